The van der Waals surface area contributed by atoms with E-state index in [1.807, 2.05) is 0 Å². The monoisotopic (exact) mass is 395 g/mol. The smallest absolute Gasteiger partial charge is 0.326 e. The summed E-state index contributed by atoms with van der Waals surface area (Å²) < 4.78 is 5.32. The molecule has 1 amide bonds. The molecular formula is C21H21N3O5. The zero-order valence-corrected chi connectivity index (χ0v) is 16.4. The molecule has 0 heterocycles. The van der Waals surface area contributed by atoms with Gasteiger partial charge in [-0.05, 0) is 38.5 Å². The molecule has 0 aliphatic rings. The standard InChI is InChI=1S/C21H21N3O5/c1-21(2,3)29-19(25)14-23(13-15-5-9-17(22-4)10-6-15)20(26)16-7-11-18(12-8-16)24(27)28/h5-12H,13-14H2,1-3H3. The van der Waals surface area contributed by atoms with Crippen molar-refractivity contribution in [2.75, 3.05) is 6.54 Å². The van der Waals surface area contributed by atoms with Crippen molar-refractivity contribution in [3.05, 3.63) is 81.2 Å². The van der Waals surface area contributed by atoms with E-state index >= 15 is 0 Å². The van der Waals surface area contributed by atoms with E-state index in [1.54, 1.807) is 45.0 Å². The van der Waals surface area contributed by atoms with Gasteiger partial charge in [-0.2, -0.15) is 0 Å². The molecule has 0 N–H and O–H groups in total. The molecule has 0 spiro atoms. The van der Waals surface area contributed by atoms with Crippen LogP contribution in [0.25, 0.3) is 4.85 Å². The first-order chi connectivity index (χ1) is 13.6. The van der Waals surface area contributed by atoms with Crippen LogP contribution in [-0.2, 0) is 16.1 Å². The van der Waals surface area contributed by atoms with Crippen LogP contribution >= 0.6 is 0 Å². The van der Waals surface area contributed by atoms with E-state index < -0.39 is 22.4 Å². The maximum atomic E-state index is 13.0. The Morgan fingerprint density at radius 2 is 1.69 bits per heavy atom. The van der Waals surface area contributed by atoms with Crippen LogP contribution in [0.4, 0.5) is 11.4 Å². The van der Waals surface area contributed by atoms with Crippen molar-refractivity contribution in [2.45, 2.75) is 32.9 Å². The molecule has 0 aliphatic heterocycles. The van der Waals surface area contributed by atoms with Crippen LogP contribution in [0.15, 0.2) is 48.5 Å². The quantitative estimate of drug-likeness (QED) is 0.317. The lowest BCUT2D eigenvalue weighted by Crippen LogP contribution is -2.38. The fourth-order valence-electron chi connectivity index (χ4n) is 2.53. The summed E-state index contributed by atoms with van der Waals surface area (Å²) in [5.41, 5.74) is 0.591. The summed E-state index contributed by atoms with van der Waals surface area (Å²) in [6, 6.07) is 11.9. The van der Waals surface area contributed by atoms with Gasteiger partial charge in [-0.3, -0.25) is 19.7 Å². The van der Waals surface area contributed by atoms with Gasteiger partial charge >= 0.3 is 5.97 Å². The van der Waals surface area contributed by atoms with Crippen molar-refractivity contribution in [3.8, 4) is 0 Å². The second-order valence-electron chi connectivity index (χ2n) is 7.33. The third-order valence-electron chi connectivity index (χ3n) is 3.79. The molecule has 0 aliphatic carbocycles. The fourth-order valence-corrected chi connectivity index (χ4v) is 2.53. The summed E-state index contributed by atoms with van der Waals surface area (Å²) in [5, 5.41) is 10.8. The molecule has 0 fully saturated rings. The molecule has 8 nitrogen and oxygen atoms in total. The lowest BCUT2D eigenvalue weighted by Gasteiger charge is -2.25. The Kier molecular flexibility index (Phi) is 6.67. The third kappa shape index (κ3) is 6.43. The van der Waals surface area contributed by atoms with Gasteiger partial charge in [-0.15, -0.1) is 0 Å². The number of amides is 1. The van der Waals surface area contributed by atoms with Crippen LogP contribution in [0.5, 0.6) is 0 Å². The zero-order valence-electron chi connectivity index (χ0n) is 16.4. The van der Waals surface area contributed by atoms with Crippen molar-refractivity contribution in [2.24, 2.45) is 0 Å². The minimum atomic E-state index is -0.698. The average Bonchev–Trinajstić information content (AvgIpc) is 2.66. The Morgan fingerprint density at radius 1 is 1.10 bits per heavy atom. The SMILES string of the molecule is [C-]#[N+]c1ccc(CN(CC(=O)OC(C)(C)C)C(=O)c2ccc([N+](=O)[O-])cc2)cc1. The van der Waals surface area contributed by atoms with E-state index in [2.05, 4.69) is 4.85 Å². The molecule has 2 aromatic carbocycles. The van der Waals surface area contributed by atoms with Gasteiger partial charge in [0.05, 0.1) is 11.5 Å². The molecule has 0 radical (unpaired) electrons. The first-order valence-corrected chi connectivity index (χ1v) is 8.81. The highest BCUT2D eigenvalue weighted by Gasteiger charge is 2.24. The van der Waals surface area contributed by atoms with E-state index in [0.717, 1.165) is 5.56 Å². The maximum absolute atomic E-state index is 13.0. The van der Waals surface area contributed by atoms with Crippen LogP contribution in [0, 0.1) is 16.7 Å². The zero-order chi connectivity index (χ0) is 21.6. The first-order valence-electron chi connectivity index (χ1n) is 8.81. The predicted octanol–water partition coefficient (Wildman–Crippen LogP) is 4.13. The van der Waals surface area contributed by atoms with Crippen molar-refractivity contribution in [1.29, 1.82) is 0 Å². The van der Waals surface area contributed by atoms with Gasteiger partial charge in [0, 0.05) is 24.2 Å². The highest BCUT2D eigenvalue weighted by Crippen LogP contribution is 2.18. The summed E-state index contributed by atoms with van der Waals surface area (Å²) in [6.45, 7) is 12.0. The van der Waals surface area contributed by atoms with Gasteiger partial charge < -0.3 is 9.64 Å². The number of carbonyl (C=O) groups is 2. The molecule has 29 heavy (non-hydrogen) atoms. The number of non-ortho nitro benzene ring substituents is 1. The molecule has 8 heteroatoms. The number of hydrogen-bond donors (Lipinski definition) is 0. The number of hydrogen-bond acceptors (Lipinski definition) is 5. The van der Waals surface area contributed by atoms with Crippen LogP contribution < -0.4 is 0 Å². The molecule has 2 aromatic rings. The van der Waals surface area contributed by atoms with Crippen molar-refractivity contribution in [1.82, 2.24) is 4.90 Å². The van der Waals surface area contributed by atoms with Gasteiger partial charge in [0.15, 0.2) is 5.69 Å². The van der Waals surface area contributed by atoms with Gasteiger partial charge in [-0.1, -0.05) is 24.3 Å². The first kappa shape index (κ1) is 21.6. The second kappa shape index (κ2) is 8.97. The summed E-state index contributed by atoms with van der Waals surface area (Å²) in [7, 11) is 0. The molecule has 0 saturated heterocycles. The summed E-state index contributed by atoms with van der Waals surface area (Å²) in [4.78, 5) is 40.1. The summed E-state index contributed by atoms with van der Waals surface area (Å²) >= 11 is 0. The van der Waals surface area contributed by atoms with E-state index in [-0.39, 0.29) is 24.3 Å². The highest BCUT2D eigenvalue weighted by molar-refractivity contribution is 5.96. The van der Waals surface area contributed by atoms with Gasteiger partial charge in [0.25, 0.3) is 11.6 Å². The van der Waals surface area contributed by atoms with Crippen molar-refractivity contribution >= 4 is 23.3 Å². The minimum Gasteiger partial charge on any atom is -0.459 e. The fraction of sp³-hybridized carbons (Fsp3) is 0.286. The van der Waals surface area contributed by atoms with Gasteiger partial charge in [0.1, 0.15) is 12.1 Å². The second-order valence-corrected chi connectivity index (χ2v) is 7.33. The Bertz CT molecular complexity index is 938. The van der Waals surface area contributed by atoms with E-state index in [0.29, 0.717) is 5.69 Å². The number of nitro groups is 1. The number of ether oxygens (including phenoxy) is 1. The molecule has 0 atom stereocenters. The third-order valence-corrected chi connectivity index (χ3v) is 3.79. The largest absolute Gasteiger partial charge is 0.459 e. The summed E-state index contributed by atoms with van der Waals surface area (Å²) in [5.74, 6) is -1.02. The summed E-state index contributed by atoms with van der Waals surface area (Å²) in [6.07, 6.45) is 0. The molecule has 0 saturated carbocycles. The van der Waals surface area contributed by atoms with Gasteiger partial charge in [0.2, 0.25) is 0 Å². The van der Waals surface area contributed by atoms with Crippen LogP contribution in [0.2, 0.25) is 0 Å². The molecule has 0 unspecified atom stereocenters. The van der Waals surface area contributed by atoms with Crippen LogP contribution in [-0.4, -0.2) is 33.8 Å². The van der Waals surface area contributed by atoms with Crippen molar-refractivity contribution in [3.63, 3.8) is 0 Å². The van der Waals surface area contributed by atoms with Gasteiger partial charge in [-0.25, -0.2) is 4.85 Å². The number of carbonyl (C=O) groups excluding carboxylic acids is 2. The molecule has 0 aromatic heterocycles. The Hall–Kier alpha value is -3.73. The molecular weight excluding hydrogens is 374 g/mol. The van der Waals surface area contributed by atoms with E-state index in [4.69, 9.17) is 11.3 Å². The number of benzene rings is 2. The Balaban J connectivity index is 2.26. The molecule has 2 rings (SSSR count). The number of nitro benzene ring substituents is 1. The topological polar surface area (TPSA) is 94.1 Å². The number of nitrogens with zero attached hydrogens (tertiary/aromatic N) is 3. The van der Waals surface area contributed by atoms with Crippen LogP contribution in [0.1, 0.15) is 36.7 Å². The molecule has 150 valence electrons. The van der Waals surface area contributed by atoms with Crippen molar-refractivity contribution < 1.29 is 19.2 Å². The lowest BCUT2D eigenvalue weighted by molar-refractivity contribution is -0.384. The normalized spacial score (nSPS) is 10.7. The minimum absolute atomic E-state index is 0.118. The van der Waals surface area contributed by atoms with E-state index in [1.165, 1.54) is 29.2 Å². The van der Waals surface area contributed by atoms with E-state index in [9.17, 15) is 19.7 Å². The maximum Gasteiger partial charge on any atom is 0.326 e. The predicted molar refractivity (Wildman–Crippen MR) is 106 cm³/mol. The Labute approximate surface area is 168 Å². The lowest BCUT2D eigenvalue weighted by atomic mass is 10.1. The highest BCUT2D eigenvalue weighted by atomic mass is 16.6. The number of esters is 1. The molecule has 0 bridgehead atoms. The Morgan fingerprint density at radius 3 is 2.17 bits per heavy atom. The number of rotatable bonds is 6. The van der Waals surface area contributed by atoms with Crippen LogP contribution in [0.3, 0.4) is 0 Å². The average molecular weight is 395 g/mol.